The van der Waals surface area contributed by atoms with Crippen LogP contribution in [0.1, 0.15) is 30.9 Å². The molecule has 26 heavy (non-hydrogen) atoms. The molecule has 1 atom stereocenters. The van der Waals surface area contributed by atoms with Gasteiger partial charge in [0.2, 0.25) is 11.8 Å². The van der Waals surface area contributed by atoms with Crippen molar-refractivity contribution in [2.75, 3.05) is 39.4 Å². The van der Waals surface area contributed by atoms with Gasteiger partial charge in [0, 0.05) is 51.7 Å². The number of aryl methyl sites for hydroxylation is 1. The Morgan fingerprint density at radius 1 is 1.27 bits per heavy atom. The van der Waals surface area contributed by atoms with E-state index < -0.39 is 6.04 Å². The maximum atomic E-state index is 12.8. The summed E-state index contributed by atoms with van der Waals surface area (Å²) in [6.07, 6.45) is 1.77. The molecule has 2 N–H and O–H groups in total. The van der Waals surface area contributed by atoms with E-state index in [1.165, 1.54) is 18.1 Å². The van der Waals surface area contributed by atoms with E-state index in [1.54, 1.807) is 4.90 Å². The standard InChI is InChI=1S/C20H29N3O3/c1-15-3-5-17(6-4-15)20(7-11-26-12-8-20)14-22-19(25)18-13-21-9-10-23(18)16(2)24/h3-6,18,21H,7-14H2,1-2H3,(H,22,25)/t18-/m1/s1. The van der Waals surface area contributed by atoms with Gasteiger partial charge in [0.15, 0.2) is 0 Å². The van der Waals surface area contributed by atoms with E-state index in [2.05, 4.69) is 41.8 Å². The van der Waals surface area contributed by atoms with Gasteiger partial charge in [-0.1, -0.05) is 29.8 Å². The predicted octanol–water partition coefficient (Wildman–Crippen LogP) is 0.980. The topological polar surface area (TPSA) is 70.7 Å². The summed E-state index contributed by atoms with van der Waals surface area (Å²) < 4.78 is 5.57. The Labute approximate surface area is 155 Å². The van der Waals surface area contributed by atoms with Gasteiger partial charge < -0.3 is 20.3 Å². The first kappa shape index (κ1) is 18.9. The average Bonchev–Trinajstić information content (AvgIpc) is 2.67. The molecule has 0 spiro atoms. The van der Waals surface area contributed by atoms with Crippen LogP contribution in [0.2, 0.25) is 0 Å². The molecule has 6 heteroatoms. The van der Waals surface area contributed by atoms with Crippen molar-refractivity contribution in [2.45, 2.75) is 38.1 Å². The lowest BCUT2D eigenvalue weighted by Crippen LogP contribution is -2.60. The van der Waals surface area contributed by atoms with Gasteiger partial charge in [-0.05, 0) is 25.3 Å². The van der Waals surface area contributed by atoms with Crippen LogP contribution in [0.25, 0.3) is 0 Å². The minimum absolute atomic E-state index is 0.0500. The summed E-state index contributed by atoms with van der Waals surface area (Å²) in [5.74, 6) is -0.128. The van der Waals surface area contributed by atoms with Gasteiger partial charge in [0.1, 0.15) is 6.04 Å². The molecule has 2 saturated heterocycles. The number of hydrogen-bond acceptors (Lipinski definition) is 4. The monoisotopic (exact) mass is 359 g/mol. The highest BCUT2D eigenvalue weighted by Gasteiger charge is 2.37. The lowest BCUT2D eigenvalue weighted by molar-refractivity contribution is -0.140. The molecule has 0 aromatic heterocycles. The molecule has 2 heterocycles. The summed E-state index contributed by atoms with van der Waals surface area (Å²) in [7, 11) is 0. The number of nitrogens with zero attached hydrogens (tertiary/aromatic N) is 1. The van der Waals surface area contributed by atoms with Crippen LogP contribution in [-0.4, -0.2) is 62.1 Å². The van der Waals surface area contributed by atoms with E-state index in [0.717, 1.165) is 19.4 Å². The number of ether oxygens (including phenoxy) is 1. The molecule has 2 amide bonds. The van der Waals surface area contributed by atoms with E-state index in [0.29, 0.717) is 32.8 Å². The summed E-state index contributed by atoms with van der Waals surface area (Å²) in [5.41, 5.74) is 2.37. The second-order valence-electron chi connectivity index (χ2n) is 7.41. The summed E-state index contributed by atoms with van der Waals surface area (Å²) in [6, 6.07) is 8.14. The van der Waals surface area contributed by atoms with Crippen molar-refractivity contribution in [3.63, 3.8) is 0 Å². The molecule has 0 aliphatic carbocycles. The van der Waals surface area contributed by atoms with E-state index in [-0.39, 0.29) is 17.2 Å². The Balaban J connectivity index is 1.72. The number of carbonyl (C=O) groups is 2. The van der Waals surface area contributed by atoms with Gasteiger partial charge in [-0.15, -0.1) is 0 Å². The zero-order valence-electron chi connectivity index (χ0n) is 15.7. The minimum atomic E-state index is -0.434. The number of amides is 2. The Hall–Kier alpha value is -1.92. The molecule has 2 fully saturated rings. The molecular weight excluding hydrogens is 330 g/mol. The van der Waals surface area contributed by atoms with Crippen LogP contribution in [0.4, 0.5) is 0 Å². The van der Waals surface area contributed by atoms with Crippen molar-refractivity contribution >= 4 is 11.8 Å². The fraction of sp³-hybridized carbons (Fsp3) is 0.600. The van der Waals surface area contributed by atoms with Gasteiger partial charge in [-0.2, -0.15) is 0 Å². The van der Waals surface area contributed by atoms with Crippen LogP contribution in [0.15, 0.2) is 24.3 Å². The number of nitrogens with one attached hydrogen (secondary N) is 2. The lowest BCUT2D eigenvalue weighted by Gasteiger charge is -2.39. The molecule has 142 valence electrons. The van der Waals surface area contributed by atoms with Gasteiger partial charge in [0.05, 0.1) is 0 Å². The Bertz CT molecular complexity index is 638. The molecular formula is C20H29N3O3. The molecule has 0 saturated carbocycles. The largest absolute Gasteiger partial charge is 0.381 e. The molecule has 0 radical (unpaired) electrons. The highest BCUT2D eigenvalue weighted by atomic mass is 16.5. The molecule has 2 aliphatic heterocycles. The van der Waals surface area contributed by atoms with Crippen molar-refractivity contribution in [2.24, 2.45) is 0 Å². The number of hydrogen-bond donors (Lipinski definition) is 2. The first-order chi connectivity index (χ1) is 12.5. The van der Waals surface area contributed by atoms with Crippen LogP contribution in [0, 0.1) is 6.92 Å². The summed E-state index contributed by atoms with van der Waals surface area (Å²) in [6.45, 7) is 7.39. The molecule has 3 rings (SSSR count). The SMILES string of the molecule is CC(=O)N1CCNC[C@@H]1C(=O)NCC1(c2ccc(C)cc2)CCOCC1. The number of benzene rings is 1. The van der Waals surface area contributed by atoms with Crippen molar-refractivity contribution in [1.29, 1.82) is 0 Å². The highest BCUT2D eigenvalue weighted by Crippen LogP contribution is 2.34. The van der Waals surface area contributed by atoms with E-state index >= 15 is 0 Å². The van der Waals surface area contributed by atoms with Crippen LogP contribution < -0.4 is 10.6 Å². The van der Waals surface area contributed by atoms with E-state index in [9.17, 15) is 9.59 Å². The molecule has 0 unspecified atom stereocenters. The molecule has 6 nitrogen and oxygen atoms in total. The first-order valence-corrected chi connectivity index (χ1v) is 9.42. The number of rotatable bonds is 4. The summed E-state index contributed by atoms with van der Waals surface area (Å²) in [5, 5.41) is 6.34. The summed E-state index contributed by atoms with van der Waals surface area (Å²) in [4.78, 5) is 26.3. The quantitative estimate of drug-likeness (QED) is 0.841. The average molecular weight is 359 g/mol. The zero-order chi connectivity index (χ0) is 18.6. The van der Waals surface area contributed by atoms with Gasteiger partial charge in [-0.25, -0.2) is 0 Å². The third kappa shape index (κ3) is 4.07. The maximum absolute atomic E-state index is 12.8. The normalized spacial score (nSPS) is 22.7. The molecule has 1 aromatic rings. The fourth-order valence-electron chi connectivity index (χ4n) is 3.93. The fourth-order valence-corrected chi connectivity index (χ4v) is 3.93. The van der Waals surface area contributed by atoms with Crippen molar-refractivity contribution in [3.05, 3.63) is 35.4 Å². The molecule has 0 bridgehead atoms. The highest BCUT2D eigenvalue weighted by molar-refractivity contribution is 5.87. The zero-order valence-corrected chi connectivity index (χ0v) is 15.7. The summed E-state index contributed by atoms with van der Waals surface area (Å²) >= 11 is 0. The lowest BCUT2D eigenvalue weighted by atomic mass is 9.74. The third-order valence-electron chi connectivity index (χ3n) is 5.67. The van der Waals surface area contributed by atoms with Crippen LogP contribution in [0.5, 0.6) is 0 Å². The predicted molar refractivity (Wildman–Crippen MR) is 100.0 cm³/mol. The second kappa shape index (κ2) is 8.18. The van der Waals surface area contributed by atoms with Crippen LogP contribution in [-0.2, 0) is 19.7 Å². The van der Waals surface area contributed by atoms with E-state index in [4.69, 9.17) is 4.74 Å². The van der Waals surface area contributed by atoms with Crippen molar-refractivity contribution < 1.29 is 14.3 Å². The number of carbonyl (C=O) groups excluding carboxylic acids is 2. The van der Waals surface area contributed by atoms with Gasteiger partial charge >= 0.3 is 0 Å². The second-order valence-corrected chi connectivity index (χ2v) is 7.41. The van der Waals surface area contributed by atoms with E-state index in [1.807, 2.05) is 0 Å². The smallest absolute Gasteiger partial charge is 0.244 e. The Morgan fingerprint density at radius 3 is 2.62 bits per heavy atom. The maximum Gasteiger partial charge on any atom is 0.244 e. The third-order valence-corrected chi connectivity index (χ3v) is 5.67. The number of piperazine rings is 1. The Kier molecular flexibility index (Phi) is 5.94. The minimum Gasteiger partial charge on any atom is -0.381 e. The molecule has 2 aliphatic rings. The first-order valence-electron chi connectivity index (χ1n) is 9.42. The van der Waals surface area contributed by atoms with Crippen LogP contribution in [0.3, 0.4) is 0 Å². The van der Waals surface area contributed by atoms with Crippen molar-refractivity contribution in [1.82, 2.24) is 15.5 Å². The Morgan fingerprint density at radius 2 is 1.96 bits per heavy atom. The van der Waals surface area contributed by atoms with Crippen molar-refractivity contribution in [3.8, 4) is 0 Å². The van der Waals surface area contributed by atoms with Gasteiger partial charge in [0.25, 0.3) is 0 Å². The van der Waals surface area contributed by atoms with Crippen LogP contribution >= 0.6 is 0 Å². The van der Waals surface area contributed by atoms with Gasteiger partial charge in [-0.3, -0.25) is 9.59 Å². The molecule has 1 aromatic carbocycles.